The van der Waals surface area contributed by atoms with Crippen molar-refractivity contribution < 1.29 is 0 Å². The van der Waals surface area contributed by atoms with Gasteiger partial charge in [-0.15, -0.1) is 0 Å². The first kappa shape index (κ1) is 12.5. The number of hydrogen-bond acceptors (Lipinski definition) is 3. The third-order valence-corrected chi connectivity index (χ3v) is 3.81. The molecule has 1 N–H and O–H groups in total. The highest BCUT2D eigenvalue weighted by Crippen LogP contribution is 2.28. The van der Waals surface area contributed by atoms with Gasteiger partial charge in [-0.1, -0.05) is 13.8 Å². The fourth-order valence-corrected chi connectivity index (χ4v) is 2.81. The lowest BCUT2D eigenvalue weighted by molar-refractivity contribution is 0.226. The van der Waals surface area contributed by atoms with E-state index in [2.05, 4.69) is 29.1 Å². The van der Waals surface area contributed by atoms with Gasteiger partial charge in [0.15, 0.2) is 0 Å². The second kappa shape index (κ2) is 5.58. The van der Waals surface area contributed by atoms with Crippen LogP contribution in [0.25, 0.3) is 0 Å². The summed E-state index contributed by atoms with van der Waals surface area (Å²) >= 11 is 0. The zero-order chi connectivity index (χ0) is 12.3. The number of aromatic nitrogens is 2. The van der Waals surface area contributed by atoms with E-state index < -0.39 is 0 Å². The van der Waals surface area contributed by atoms with Gasteiger partial charge in [0, 0.05) is 18.8 Å². The Labute approximate surface area is 104 Å². The molecule has 1 aliphatic rings. The Morgan fingerprint density at radius 1 is 1.35 bits per heavy atom. The predicted molar refractivity (Wildman–Crippen MR) is 69.6 cm³/mol. The number of rotatable bonds is 3. The molecule has 3 heteroatoms. The molecule has 1 heterocycles. The van der Waals surface area contributed by atoms with Gasteiger partial charge in [0.2, 0.25) is 0 Å². The maximum atomic E-state index is 4.42. The Morgan fingerprint density at radius 3 is 2.88 bits per heavy atom. The van der Waals surface area contributed by atoms with Crippen LogP contribution >= 0.6 is 0 Å². The van der Waals surface area contributed by atoms with Gasteiger partial charge in [0.05, 0.1) is 5.69 Å². The van der Waals surface area contributed by atoms with Crippen molar-refractivity contribution in [2.24, 2.45) is 11.8 Å². The van der Waals surface area contributed by atoms with E-state index >= 15 is 0 Å². The third-order valence-electron chi connectivity index (χ3n) is 3.81. The van der Waals surface area contributed by atoms with Gasteiger partial charge in [0.1, 0.15) is 5.82 Å². The summed E-state index contributed by atoms with van der Waals surface area (Å²) in [6.45, 7) is 7.53. The fraction of sp³-hybridized carbons (Fsp3) is 0.714. The van der Waals surface area contributed by atoms with Crippen LogP contribution in [0, 0.1) is 18.8 Å². The molecule has 0 saturated heterocycles. The Bertz CT molecular complexity index is 364. The summed E-state index contributed by atoms with van der Waals surface area (Å²) in [6.07, 6.45) is 5.84. The normalized spacial score (nSPS) is 29.2. The van der Waals surface area contributed by atoms with Crippen molar-refractivity contribution in [3.8, 4) is 0 Å². The number of aryl methyl sites for hydroxylation is 1. The maximum absolute atomic E-state index is 4.42. The highest BCUT2D eigenvalue weighted by atomic mass is 15.0. The second-order valence-electron chi connectivity index (χ2n) is 5.48. The van der Waals surface area contributed by atoms with Gasteiger partial charge >= 0.3 is 0 Å². The molecule has 0 aromatic carbocycles. The zero-order valence-corrected chi connectivity index (χ0v) is 11.1. The highest BCUT2D eigenvalue weighted by Gasteiger charge is 2.24. The SMILES string of the molecule is Cc1nccc(CNC2CCC(C)CC2C)n1. The Hall–Kier alpha value is -0.960. The monoisotopic (exact) mass is 233 g/mol. The molecule has 0 radical (unpaired) electrons. The summed E-state index contributed by atoms with van der Waals surface area (Å²) < 4.78 is 0. The molecule has 3 nitrogen and oxygen atoms in total. The van der Waals surface area contributed by atoms with Crippen LogP contribution in [0.4, 0.5) is 0 Å². The number of nitrogens with zero attached hydrogens (tertiary/aromatic N) is 2. The molecule has 1 saturated carbocycles. The minimum atomic E-state index is 0.654. The summed E-state index contributed by atoms with van der Waals surface area (Å²) in [5.41, 5.74) is 1.10. The Balaban J connectivity index is 1.86. The van der Waals surface area contributed by atoms with Gasteiger partial charge in [-0.3, -0.25) is 0 Å². The average molecular weight is 233 g/mol. The van der Waals surface area contributed by atoms with Crippen LogP contribution < -0.4 is 5.32 Å². The molecule has 2 rings (SSSR count). The molecule has 0 aliphatic heterocycles. The van der Waals surface area contributed by atoms with Crippen molar-refractivity contribution >= 4 is 0 Å². The molecule has 0 amide bonds. The molecule has 1 aliphatic carbocycles. The molecule has 3 unspecified atom stereocenters. The first-order valence-corrected chi connectivity index (χ1v) is 6.67. The molecule has 1 fully saturated rings. The summed E-state index contributed by atoms with van der Waals surface area (Å²) in [4.78, 5) is 8.54. The number of nitrogens with one attached hydrogen (secondary N) is 1. The standard InChI is InChI=1S/C14H23N3/c1-10-4-5-14(11(2)8-10)16-9-13-6-7-15-12(3)17-13/h6-7,10-11,14,16H,4-5,8-9H2,1-3H3. The average Bonchev–Trinajstić information content (AvgIpc) is 2.28. The van der Waals surface area contributed by atoms with Crippen molar-refractivity contribution in [1.82, 2.24) is 15.3 Å². The lowest BCUT2D eigenvalue weighted by atomic mass is 9.80. The van der Waals surface area contributed by atoms with Crippen molar-refractivity contribution in [3.05, 3.63) is 23.8 Å². The van der Waals surface area contributed by atoms with Gasteiger partial charge in [-0.05, 0) is 44.1 Å². The molecule has 0 bridgehead atoms. The van der Waals surface area contributed by atoms with E-state index in [0.29, 0.717) is 6.04 Å². The smallest absolute Gasteiger partial charge is 0.125 e. The van der Waals surface area contributed by atoms with Gasteiger partial charge in [-0.25, -0.2) is 9.97 Å². The fourth-order valence-electron chi connectivity index (χ4n) is 2.81. The van der Waals surface area contributed by atoms with E-state index in [1.165, 1.54) is 19.3 Å². The molecule has 3 atom stereocenters. The van der Waals surface area contributed by atoms with Crippen LogP contribution in [0.1, 0.15) is 44.6 Å². The van der Waals surface area contributed by atoms with Gasteiger partial charge < -0.3 is 5.32 Å². The van der Waals surface area contributed by atoms with Crippen molar-refractivity contribution in [1.29, 1.82) is 0 Å². The molecule has 0 spiro atoms. The van der Waals surface area contributed by atoms with Crippen LogP contribution in [0.2, 0.25) is 0 Å². The topological polar surface area (TPSA) is 37.8 Å². The predicted octanol–water partition coefficient (Wildman–Crippen LogP) is 2.70. The van der Waals surface area contributed by atoms with E-state index in [9.17, 15) is 0 Å². The largest absolute Gasteiger partial charge is 0.308 e. The summed E-state index contributed by atoms with van der Waals surface area (Å²) in [6, 6.07) is 2.65. The molecular formula is C14H23N3. The number of hydrogen-bond donors (Lipinski definition) is 1. The summed E-state index contributed by atoms with van der Waals surface area (Å²) in [7, 11) is 0. The van der Waals surface area contributed by atoms with E-state index in [4.69, 9.17) is 0 Å². The van der Waals surface area contributed by atoms with E-state index in [-0.39, 0.29) is 0 Å². The van der Waals surface area contributed by atoms with Crippen molar-refractivity contribution in [2.45, 2.75) is 52.6 Å². The maximum Gasteiger partial charge on any atom is 0.125 e. The summed E-state index contributed by atoms with van der Waals surface area (Å²) in [5, 5.41) is 3.65. The lowest BCUT2D eigenvalue weighted by Crippen LogP contribution is -2.38. The molecular weight excluding hydrogens is 210 g/mol. The van der Waals surface area contributed by atoms with Crippen molar-refractivity contribution in [2.75, 3.05) is 0 Å². The van der Waals surface area contributed by atoms with E-state index in [1.807, 2.05) is 19.2 Å². The third kappa shape index (κ3) is 3.50. The molecule has 1 aromatic rings. The second-order valence-corrected chi connectivity index (χ2v) is 5.48. The minimum Gasteiger partial charge on any atom is -0.308 e. The minimum absolute atomic E-state index is 0.654. The zero-order valence-electron chi connectivity index (χ0n) is 11.1. The van der Waals surface area contributed by atoms with E-state index in [0.717, 1.165) is 29.9 Å². The van der Waals surface area contributed by atoms with Gasteiger partial charge in [-0.2, -0.15) is 0 Å². The highest BCUT2D eigenvalue weighted by molar-refractivity contribution is 5.01. The van der Waals surface area contributed by atoms with Crippen LogP contribution in [0.15, 0.2) is 12.3 Å². The lowest BCUT2D eigenvalue weighted by Gasteiger charge is -2.33. The van der Waals surface area contributed by atoms with Crippen molar-refractivity contribution in [3.63, 3.8) is 0 Å². The van der Waals surface area contributed by atoms with Crippen LogP contribution in [0.3, 0.4) is 0 Å². The molecule has 1 aromatic heterocycles. The molecule has 94 valence electrons. The first-order chi connectivity index (χ1) is 8.15. The Kier molecular flexibility index (Phi) is 4.11. The van der Waals surface area contributed by atoms with Crippen LogP contribution in [0.5, 0.6) is 0 Å². The Morgan fingerprint density at radius 2 is 2.18 bits per heavy atom. The molecule has 17 heavy (non-hydrogen) atoms. The van der Waals surface area contributed by atoms with Crippen LogP contribution in [-0.4, -0.2) is 16.0 Å². The first-order valence-electron chi connectivity index (χ1n) is 6.67. The summed E-state index contributed by atoms with van der Waals surface area (Å²) in [5.74, 6) is 2.53. The van der Waals surface area contributed by atoms with E-state index in [1.54, 1.807) is 0 Å². The quantitative estimate of drug-likeness (QED) is 0.872. The van der Waals surface area contributed by atoms with Gasteiger partial charge in [0.25, 0.3) is 0 Å². The van der Waals surface area contributed by atoms with Crippen LogP contribution in [-0.2, 0) is 6.54 Å².